The van der Waals surface area contributed by atoms with Gasteiger partial charge in [-0.05, 0) is 19.1 Å². The first kappa shape index (κ1) is 11.4. The van der Waals surface area contributed by atoms with Crippen molar-refractivity contribution < 1.29 is 4.42 Å². The topological polar surface area (TPSA) is 52.0 Å². The Kier molecular flexibility index (Phi) is 3.41. The number of nitrogens with zero attached hydrogens (tertiary/aromatic N) is 1. The number of hydrogen-bond donors (Lipinski definition) is 1. The summed E-state index contributed by atoms with van der Waals surface area (Å²) in [6, 6.07) is 8.01. The van der Waals surface area contributed by atoms with Crippen LogP contribution < -0.4 is 5.73 Å². The third-order valence-electron chi connectivity index (χ3n) is 2.32. The van der Waals surface area contributed by atoms with Crippen molar-refractivity contribution in [3.05, 3.63) is 40.4 Å². The molecule has 0 radical (unpaired) electrons. The van der Waals surface area contributed by atoms with Crippen molar-refractivity contribution in [2.75, 3.05) is 6.54 Å². The van der Waals surface area contributed by atoms with Gasteiger partial charge in [0.1, 0.15) is 11.5 Å². The van der Waals surface area contributed by atoms with Crippen molar-refractivity contribution in [1.29, 1.82) is 0 Å². The molecule has 2 N–H and O–H groups in total. The van der Waals surface area contributed by atoms with Crippen LogP contribution in [-0.4, -0.2) is 11.5 Å². The van der Waals surface area contributed by atoms with Crippen LogP contribution in [0.25, 0.3) is 11.3 Å². The summed E-state index contributed by atoms with van der Waals surface area (Å²) >= 11 is 3.41. The van der Waals surface area contributed by atoms with Gasteiger partial charge in [-0.2, -0.15) is 0 Å². The summed E-state index contributed by atoms with van der Waals surface area (Å²) in [7, 11) is 0. The number of benzene rings is 1. The van der Waals surface area contributed by atoms with E-state index >= 15 is 0 Å². The third-order valence-corrected chi connectivity index (χ3v) is 2.85. The highest BCUT2D eigenvalue weighted by atomic mass is 79.9. The molecule has 4 heteroatoms. The summed E-state index contributed by atoms with van der Waals surface area (Å²) < 4.78 is 6.59. The maximum absolute atomic E-state index is 5.54. The van der Waals surface area contributed by atoms with Gasteiger partial charge >= 0.3 is 0 Å². The smallest absolute Gasteiger partial charge is 0.196 e. The Balaban J connectivity index is 2.36. The number of nitrogens with two attached hydrogens (primary N) is 1. The molecule has 1 aromatic heterocycles. The Morgan fingerprint density at radius 2 is 2.00 bits per heavy atom. The van der Waals surface area contributed by atoms with Crippen LogP contribution in [-0.2, 0) is 6.42 Å². The first-order valence-corrected chi connectivity index (χ1v) is 5.92. The zero-order chi connectivity index (χ0) is 11.5. The van der Waals surface area contributed by atoms with Gasteiger partial charge in [0.15, 0.2) is 5.89 Å². The fourth-order valence-electron chi connectivity index (χ4n) is 1.56. The minimum absolute atomic E-state index is 0.555. The third kappa shape index (κ3) is 2.33. The molecule has 0 aliphatic heterocycles. The molecule has 2 rings (SSSR count). The predicted octanol–water partition coefficient (Wildman–Crippen LogP) is 2.91. The molecule has 0 aliphatic carbocycles. The van der Waals surface area contributed by atoms with E-state index in [-0.39, 0.29) is 0 Å². The average molecular weight is 281 g/mol. The molecule has 0 unspecified atom stereocenters. The SMILES string of the molecule is Cc1oc(CCN)nc1-c1ccc(Br)cc1. The van der Waals surface area contributed by atoms with Gasteiger partial charge in [-0.1, -0.05) is 28.1 Å². The first-order valence-electron chi connectivity index (χ1n) is 5.13. The Bertz CT molecular complexity index is 476. The van der Waals surface area contributed by atoms with E-state index in [4.69, 9.17) is 10.2 Å². The molecule has 0 bridgehead atoms. The predicted molar refractivity (Wildman–Crippen MR) is 67.1 cm³/mol. The molecule has 1 heterocycles. The van der Waals surface area contributed by atoms with Gasteiger partial charge < -0.3 is 10.2 Å². The summed E-state index contributed by atoms with van der Waals surface area (Å²) in [5.74, 6) is 1.55. The van der Waals surface area contributed by atoms with E-state index in [1.54, 1.807) is 0 Å². The van der Waals surface area contributed by atoms with Gasteiger partial charge in [0.05, 0.1) is 0 Å². The van der Waals surface area contributed by atoms with E-state index in [1.807, 2.05) is 31.2 Å². The molecular weight excluding hydrogens is 268 g/mol. The van der Waals surface area contributed by atoms with Crippen molar-refractivity contribution in [1.82, 2.24) is 4.98 Å². The fourth-order valence-corrected chi connectivity index (χ4v) is 1.82. The zero-order valence-electron chi connectivity index (χ0n) is 9.03. The molecule has 3 nitrogen and oxygen atoms in total. The Morgan fingerprint density at radius 1 is 1.31 bits per heavy atom. The normalized spacial score (nSPS) is 10.7. The summed E-state index contributed by atoms with van der Waals surface area (Å²) in [4.78, 5) is 4.44. The van der Waals surface area contributed by atoms with E-state index < -0.39 is 0 Å². The maximum atomic E-state index is 5.54. The van der Waals surface area contributed by atoms with E-state index in [9.17, 15) is 0 Å². The Hall–Kier alpha value is -1.13. The minimum Gasteiger partial charge on any atom is -0.445 e. The molecule has 84 valence electrons. The molecule has 2 aromatic rings. The van der Waals surface area contributed by atoms with Crippen molar-refractivity contribution >= 4 is 15.9 Å². The number of aromatic nitrogens is 1. The number of halogens is 1. The van der Waals surface area contributed by atoms with Gasteiger partial charge in [-0.3, -0.25) is 0 Å². The van der Waals surface area contributed by atoms with Crippen LogP contribution in [0.2, 0.25) is 0 Å². The van der Waals surface area contributed by atoms with Crippen molar-refractivity contribution in [3.8, 4) is 11.3 Å². The zero-order valence-corrected chi connectivity index (χ0v) is 10.6. The highest BCUT2D eigenvalue weighted by Crippen LogP contribution is 2.24. The van der Waals surface area contributed by atoms with Crippen LogP contribution >= 0.6 is 15.9 Å². The largest absolute Gasteiger partial charge is 0.445 e. The number of rotatable bonds is 3. The second-order valence-electron chi connectivity index (χ2n) is 3.56. The number of oxazole rings is 1. The fraction of sp³-hybridized carbons (Fsp3) is 0.250. The molecule has 1 aromatic carbocycles. The van der Waals surface area contributed by atoms with Crippen LogP contribution in [0.1, 0.15) is 11.7 Å². The Morgan fingerprint density at radius 3 is 2.62 bits per heavy atom. The summed E-state index contributed by atoms with van der Waals surface area (Å²) in [6.07, 6.45) is 0.678. The molecule has 16 heavy (non-hydrogen) atoms. The lowest BCUT2D eigenvalue weighted by molar-refractivity contribution is 0.473. The maximum Gasteiger partial charge on any atom is 0.196 e. The lowest BCUT2D eigenvalue weighted by atomic mass is 10.1. The Labute approximate surface area is 103 Å². The molecule has 0 atom stereocenters. The second kappa shape index (κ2) is 4.80. The van der Waals surface area contributed by atoms with Crippen molar-refractivity contribution in [3.63, 3.8) is 0 Å². The van der Waals surface area contributed by atoms with Crippen LogP contribution in [0.3, 0.4) is 0 Å². The lowest BCUT2D eigenvalue weighted by Crippen LogP contribution is -2.02. The molecule has 0 saturated carbocycles. The van der Waals surface area contributed by atoms with Crippen LogP contribution in [0.5, 0.6) is 0 Å². The van der Waals surface area contributed by atoms with Crippen molar-refractivity contribution in [2.45, 2.75) is 13.3 Å². The van der Waals surface area contributed by atoms with Gasteiger partial charge in [0, 0.05) is 23.0 Å². The molecule has 0 aliphatic rings. The first-order chi connectivity index (χ1) is 7.70. The molecule has 0 amide bonds. The van der Waals surface area contributed by atoms with E-state index in [2.05, 4.69) is 20.9 Å². The highest BCUT2D eigenvalue weighted by Gasteiger charge is 2.10. The monoisotopic (exact) mass is 280 g/mol. The number of hydrogen-bond acceptors (Lipinski definition) is 3. The molecule has 0 spiro atoms. The standard InChI is InChI=1S/C12H13BrN2O/c1-8-12(15-11(16-8)6-7-14)9-2-4-10(13)5-3-9/h2-5H,6-7,14H2,1H3. The summed E-state index contributed by atoms with van der Waals surface area (Å²) in [6.45, 7) is 2.48. The van der Waals surface area contributed by atoms with Gasteiger partial charge in [0.25, 0.3) is 0 Å². The van der Waals surface area contributed by atoms with Gasteiger partial charge in [-0.15, -0.1) is 0 Å². The van der Waals surface area contributed by atoms with E-state index in [0.717, 1.165) is 21.5 Å². The average Bonchev–Trinajstić information content (AvgIpc) is 2.61. The second-order valence-corrected chi connectivity index (χ2v) is 4.47. The van der Waals surface area contributed by atoms with E-state index in [1.165, 1.54) is 0 Å². The molecule has 0 saturated heterocycles. The summed E-state index contributed by atoms with van der Waals surface area (Å²) in [5.41, 5.74) is 7.43. The summed E-state index contributed by atoms with van der Waals surface area (Å²) in [5, 5.41) is 0. The molecule has 0 fully saturated rings. The van der Waals surface area contributed by atoms with Gasteiger partial charge in [0.2, 0.25) is 0 Å². The van der Waals surface area contributed by atoms with Crippen molar-refractivity contribution in [2.24, 2.45) is 5.73 Å². The quantitative estimate of drug-likeness (QED) is 0.941. The van der Waals surface area contributed by atoms with Gasteiger partial charge in [-0.25, -0.2) is 4.98 Å². The van der Waals surface area contributed by atoms with Crippen LogP contribution in [0, 0.1) is 6.92 Å². The highest BCUT2D eigenvalue weighted by molar-refractivity contribution is 9.10. The number of aryl methyl sites for hydroxylation is 1. The van der Waals surface area contributed by atoms with Crippen LogP contribution in [0.15, 0.2) is 33.2 Å². The minimum atomic E-state index is 0.555. The van der Waals surface area contributed by atoms with E-state index in [0.29, 0.717) is 18.9 Å². The molecular formula is C12H13BrN2O. The lowest BCUT2D eigenvalue weighted by Gasteiger charge is -1.96. The van der Waals surface area contributed by atoms with Crippen LogP contribution in [0.4, 0.5) is 0 Å².